The van der Waals surface area contributed by atoms with Gasteiger partial charge in [-0.05, 0) is 48.6 Å². The molecule has 1 unspecified atom stereocenters. The highest BCUT2D eigenvalue weighted by Gasteiger charge is 2.10. The molecule has 29 heavy (non-hydrogen) atoms. The van der Waals surface area contributed by atoms with Crippen LogP contribution in [0.15, 0.2) is 58.4 Å². The Balaban J connectivity index is 0.00000420. The van der Waals surface area contributed by atoms with Crippen LogP contribution in [0.3, 0.4) is 0 Å². The normalized spacial score (nSPS) is 12.3. The molecule has 2 aromatic carbocycles. The van der Waals surface area contributed by atoms with Crippen molar-refractivity contribution < 1.29 is 18.6 Å². The number of hydrogen-bond donors (Lipinski definition) is 3. The Morgan fingerprint density at radius 1 is 1.10 bits per heavy atom. The zero-order valence-electron chi connectivity index (χ0n) is 16.3. The van der Waals surface area contributed by atoms with Crippen molar-refractivity contribution >= 4 is 41.7 Å². The van der Waals surface area contributed by atoms with E-state index >= 15 is 0 Å². The van der Waals surface area contributed by atoms with Crippen LogP contribution in [0.4, 0.5) is 8.78 Å². The minimum Gasteiger partial charge on any atom is -0.435 e. The number of ether oxygens (including phenoxy) is 1. The van der Waals surface area contributed by atoms with E-state index in [2.05, 4.69) is 32.5 Å². The second kappa shape index (κ2) is 13.6. The highest BCUT2D eigenvalue weighted by molar-refractivity contribution is 14.0. The first-order valence-electron chi connectivity index (χ1n) is 8.89. The molecule has 160 valence electrons. The summed E-state index contributed by atoms with van der Waals surface area (Å²) in [5.74, 6) is 0.648. The Bertz CT molecular complexity index is 746. The minimum atomic E-state index is -2.87. The summed E-state index contributed by atoms with van der Waals surface area (Å²) >= 11 is 1.69. The number of aliphatic imine (C=N–C) groups is 1. The number of aliphatic hydroxyl groups is 1. The van der Waals surface area contributed by atoms with Crippen molar-refractivity contribution in [3.8, 4) is 5.75 Å². The van der Waals surface area contributed by atoms with Gasteiger partial charge >= 0.3 is 6.61 Å². The van der Waals surface area contributed by atoms with E-state index in [4.69, 9.17) is 0 Å². The number of nitrogens with one attached hydrogen (secondary N) is 2. The van der Waals surface area contributed by atoms with Crippen LogP contribution in [0.2, 0.25) is 0 Å². The molecule has 2 aromatic rings. The molecular weight excluding hydrogens is 511 g/mol. The van der Waals surface area contributed by atoms with Crippen molar-refractivity contribution in [3.63, 3.8) is 0 Å². The van der Waals surface area contributed by atoms with Crippen molar-refractivity contribution in [2.75, 3.05) is 19.3 Å². The largest absolute Gasteiger partial charge is 0.435 e. The van der Waals surface area contributed by atoms with Crippen LogP contribution in [0.25, 0.3) is 0 Å². The van der Waals surface area contributed by atoms with E-state index in [0.29, 0.717) is 24.6 Å². The topological polar surface area (TPSA) is 65.9 Å². The van der Waals surface area contributed by atoms with Gasteiger partial charge in [0.05, 0.1) is 12.6 Å². The summed E-state index contributed by atoms with van der Waals surface area (Å²) in [6.07, 6.45) is 1.22. The van der Waals surface area contributed by atoms with E-state index in [-0.39, 0.29) is 36.3 Å². The van der Waals surface area contributed by atoms with Crippen molar-refractivity contribution in [2.24, 2.45) is 4.99 Å². The lowest BCUT2D eigenvalue weighted by molar-refractivity contribution is -0.0498. The molecule has 0 aromatic heterocycles. The molecule has 9 heteroatoms. The summed E-state index contributed by atoms with van der Waals surface area (Å²) in [4.78, 5) is 5.72. The zero-order chi connectivity index (χ0) is 20.4. The number of benzene rings is 2. The summed E-state index contributed by atoms with van der Waals surface area (Å²) in [5.41, 5.74) is 1.68. The van der Waals surface area contributed by atoms with Crippen LogP contribution in [-0.2, 0) is 6.54 Å². The van der Waals surface area contributed by atoms with Crippen molar-refractivity contribution in [1.82, 2.24) is 10.6 Å². The van der Waals surface area contributed by atoms with Gasteiger partial charge in [-0.1, -0.05) is 24.3 Å². The average molecular weight is 537 g/mol. The molecule has 0 spiro atoms. The lowest BCUT2D eigenvalue weighted by Crippen LogP contribution is -2.39. The molecule has 2 rings (SSSR count). The quantitative estimate of drug-likeness (QED) is 0.191. The van der Waals surface area contributed by atoms with Crippen LogP contribution < -0.4 is 15.4 Å². The van der Waals surface area contributed by atoms with E-state index in [1.807, 2.05) is 25.3 Å². The molecule has 0 fully saturated rings. The number of nitrogens with zero attached hydrogens (tertiary/aromatic N) is 1. The lowest BCUT2D eigenvalue weighted by Gasteiger charge is -2.16. The zero-order valence-corrected chi connectivity index (χ0v) is 19.4. The number of thioether (sulfide) groups is 1. The van der Waals surface area contributed by atoms with E-state index < -0.39 is 12.7 Å². The SMILES string of the molecule is CCNC(=NCc1ccc(SC)cc1)NCC(O)c1ccc(OC(F)F)cc1.I. The molecule has 3 N–H and O–H groups in total. The van der Waals surface area contributed by atoms with Gasteiger partial charge in [-0.2, -0.15) is 8.78 Å². The predicted octanol–water partition coefficient (Wildman–Crippen LogP) is 4.42. The molecule has 0 aliphatic heterocycles. The third-order valence-corrected chi connectivity index (χ3v) is 4.62. The van der Waals surface area contributed by atoms with Crippen LogP contribution >= 0.6 is 35.7 Å². The molecule has 0 aliphatic carbocycles. The molecule has 0 heterocycles. The molecule has 1 atom stereocenters. The summed E-state index contributed by atoms with van der Waals surface area (Å²) in [6.45, 7) is 0.523. The summed E-state index contributed by atoms with van der Waals surface area (Å²) in [5, 5.41) is 16.5. The maximum atomic E-state index is 12.2. The maximum absolute atomic E-state index is 12.2. The summed E-state index contributed by atoms with van der Waals surface area (Å²) in [7, 11) is 0. The number of alkyl halides is 2. The Morgan fingerprint density at radius 2 is 1.76 bits per heavy atom. The number of rotatable bonds is 9. The van der Waals surface area contributed by atoms with Crippen molar-refractivity contribution in [1.29, 1.82) is 0 Å². The van der Waals surface area contributed by atoms with Gasteiger partial charge in [0, 0.05) is 18.0 Å². The van der Waals surface area contributed by atoms with E-state index in [1.165, 1.54) is 17.0 Å². The third kappa shape index (κ3) is 9.18. The fraction of sp³-hybridized carbons (Fsp3) is 0.350. The van der Waals surface area contributed by atoms with E-state index in [9.17, 15) is 13.9 Å². The number of aliphatic hydroxyl groups excluding tert-OH is 1. The number of guanidine groups is 1. The first-order valence-corrected chi connectivity index (χ1v) is 10.1. The van der Waals surface area contributed by atoms with Gasteiger partial charge in [-0.25, -0.2) is 4.99 Å². The Kier molecular flexibility index (Phi) is 11.9. The highest BCUT2D eigenvalue weighted by Crippen LogP contribution is 2.19. The lowest BCUT2D eigenvalue weighted by atomic mass is 10.1. The molecular formula is C20H26F2IN3O2S. The summed E-state index contributed by atoms with van der Waals surface area (Å²) < 4.78 is 28.7. The fourth-order valence-electron chi connectivity index (χ4n) is 2.43. The van der Waals surface area contributed by atoms with Gasteiger partial charge in [-0.15, -0.1) is 35.7 Å². The van der Waals surface area contributed by atoms with E-state index in [0.717, 1.165) is 5.56 Å². The van der Waals surface area contributed by atoms with Crippen LogP contribution in [0.1, 0.15) is 24.2 Å². The molecule has 0 saturated carbocycles. The standard InChI is InChI=1S/C20H25F2N3O2S.HI/c1-3-23-20(24-12-14-4-10-17(28-2)11-5-14)25-13-18(26)15-6-8-16(9-7-15)27-19(21)22;/h4-11,18-19,26H,3,12-13H2,1-2H3,(H2,23,24,25);1H. The van der Waals surface area contributed by atoms with Gasteiger partial charge in [0.15, 0.2) is 5.96 Å². The van der Waals surface area contributed by atoms with E-state index in [1.54, 1.807) is 23.9 Å². The minimum absolute atomic E-state index is 0. The monoisotopic (exact) mass is 537 g/mol. The van der Waals surface area contributed by atoms with Crippen LogP contribution in [0, 0.1) is 0 Å². The smallest absolute Gasteiger partial charge is 0.387 e. The Hall–Kier alpha value is -1.59. The molecule has 0 amide bonds. The predicted molar refractivity (Wildman–Crippen MR) is 124 cm³/mol. The number of hydrogen-bond acceptors (Lipinski definition) is 4. The first kappa shape index (κ1) is 25.4. The third-order valence-electron chi connectivity index (χ3n) is 3.88. The molecule has 0 aliphatic rings. The van der Waals surface area contributed by atoms with Gasteiger partial charge in [0.1, 0.15) is 5.75 Å². The number of halogens is 3. The highest BCUT2D eigenvalue weighted by atomic mass is 127. The molecule has 5 nitrogen and oxygen atoms in total. The molecule has 0 saturated heterocycles. The van der Waals surface area contributed by atoms with Gasteiger partial charge in [-0.3, -0.25) is 0 Å². The molecule has 0 bridgehead atoms. The molecule has 0 radical (unpaired) electrons. The van der Waals surface area contributed by atoms with Crippen LogP contribution in [0.5, 0.6) is 5.75 Å². The van der Waals surface area contributed by atoms with Crippen molar-refractivity contribution in [3.05, 3.63) is 59.7 Å². The average Bonchev–Trinajstić information content (AvgIpc) is 2.70. The maximum Gasteiger partial charge on any atom is 0.387 e. The fourth-order valence-corrected chi connectivity index (χ4v) is 2.83. The Labute approximate surface area is 191 Å². The van der Waals surface area contributed by atoms with Crippen LogP contribution in [-0.4, -0.2) is 37.0 Å². The second-order valence-corrected chi connectivity index (χ2v) is 6.77. The Morgan fingerprint density at radius 3 is 2.31 bits per heavy atom. The van der Waals surface area contributed by atoms with Gasteiger partial charge in [0.2, 0.25) is 0 Å². The second-order valence-electron chi connectivity index (χ2n) is 5.89. The summed E-state index contributed by atoms with van der Waals surface area (Å²) in [6, 6.07) is 14.1. The van der Waals surface area contributed by atoms with Crippen molar-refractivity contribution in [2.45, 2.75) is 31.1 Å². The first-order chi connectivity index (χ1) is 13.5. The van der Waals surface area contributed by atoms with Gasteiger partial charge < -0.3 is 20.5 Å². The van der Waals surface area contributed by atoms with Gasteiger partial charge in [0.25, 0.3) is 0 Å².